The SMILES string of the molecule is Cc1cccc(C(C)C2CCNCC2)c1. The van der Waals surface area contributed by atoms with E-state index >= 15 is 0 Å². The Hall–Kier alpha value is -0.820. The van der Waals surface area contributed by atoms with Crippen molar-refractivity contribution in [2.24, 2.45) is 5.92 Å². The van der Waals surface area contributed by atoms with Crippen LogP contribution >= 0.6 is 0 Å². The molecule has 0 saturated carbocycles. The van der Waals surface area contributed by atoms with E-state index in [4.69, 9.17) is 0 Å². The van der Waals surface area contributed by atoms with Crippen molar-refractivity contribution in [1.29, 1.82) is 0 Å². The lowest BCUT2D eigenvalue weighted by Crippen LogP contribution is -2.30. The number of hydrogen-bond acceptors (Lipinski definition) is 1. The van der Waals surface area contributed by atoms with Crippen molar-refractivity contribution in [3.63, 3.8) is 0 Å². The molecule has 1 N–H and O–H groups in total. The maximum absolute atomic E-state index is 3.43. The standard InChI is InChI=1S/C14H21N/c1-11-4-3-5-14(10-11)12(2)13-6-8-15-9-7-13/h3-5,10,12-13,15H,6-9H2,1-2H3. The molecule has 82 valence electrons. The highest BCUT2D eigenvalue weighted by molar-refractivity contribution is 5.25. The smallest absolute Gasteiger partial charge is 0.00461 e. The third-order valence-corrected chi connectivity index (χ3v) is 3.66. The van der Waals surface area contributed by atoms with Crippen molar-refractivity contribution in [3.8, 4) is 0 Å². The zero-order valence-electron chi connectivity index (χ0n) is 9.79. The minimum absolute atomic E-state index is 0.715. The number of piperidine rings is 1. The molecule has 1 aliphatic heterocycles. The fourth-order valence-electron chi connectivity index (χ4n) is 2.57. The minimum atomic E-state index is 0.715. The second-order valence-corrected chi connectivity index (χ2v) is 4.79. The van der Waals surface area contributed by atoms with Gasteiger partial charge in [0.25, 0.3) is 0 Å². The van der Waals surface area contributed by atoms with Gasteiger partial charge in [-0.25, -0.2) is 0 Å². The molecule has 1 aromatic carbocycles. The number of rotatable bonds is 2. The van der Waals surface area contributed by atoms with Crippen LogP contribution in [-0.2, 0) is 0 Å². The van der Waals surface area contributed by atoms with Crippen molar-refractivity contribution in [3.05, 3.63) is 35.4 Å². The van der Waals surface area contributed by atoms with Crippen molar-refractivity contribution in [1.82, 2.24) is 5.32 Å². The topological polar surface area (TPSA) is 12.0 Å². The van der Waals surface area contributed by atoms with E-state index in [9.17, 15) is 0 Å². The molecule has 0 amide bonds. The fraction of sp³-hybridized carbons (Fsp3) is 0.571. The number of nitrogens with one attached hydrogen (secondary N) is 1. The summed E-state index contributed by atoms with van der Waals surface area (Å²) in [5.74, 6) is 1.58. The van der Waals surface area contributed by atoms with Crippen LogP contribution in [0.25, 0.3) is 0 Å². The van der Waals surface area contributed by atoms with Gasteiger partial charge in [-0.2, -0.15) is 0 Å². The van der Waals surface area contributed by atoms with E-state index in [-0.39, 0.29) is 0 Å². The normalized spacial score (nSPS) is 20.1. The molecule has 1 nitrogen and oxygen atoms in total. The summed E-state index contributed by atoms with van der Waals surface area (Å²) in [6.07, 6.45) is 2.66. The molecular weight excluding hydrogens is 182 g/mol. The number of benzene rings is 1. The summed E-state index contributed by atoms with van der Waals surface area (Å²) in [6, 6.07) is 8.98. The third-order valence-electron chi connectivity index (χ3n) is 3.66. The first kappa shape index (κ1) is 10.7. The van der Waals surface area contributed by atoms with Crippen LogP contribution in [0.15, 0.2) is 24.3 Å². The van der Waals surface area contributed by atoms with Gasteiger partial charge in [0.1, 0.15) is 0 Å². The summed E-state index contributed by atoms with van der Waals surface area (Å²) in [5, 5.41) is 3.43. The van der Waals surface area contributed by atoms with E-state index in [1.807, 2.05) is 0 Å². The van der Waals surface area contributed by atoms with E-state index in [0.717, 1.165) is 5.92 Å². The number of aryl methyl sites for hydroxylation is 1. The maximum Gasteiger partial charge on any atom is -0.00461 e. The van der Waals surface area contributed by atoms with Gasteiger partial charge in [-0.05, 0) is 50.3 Å². The Labute approximate surface area is 92.9 Å². The molecule has 1 saturated heterocycles. The lowest BCUT2D eigenvalue weighted by atomic mass is 9.81. The zero-order chi connectivity index (χ0) is 10.7. The Kier molecular flexibility index (Phi) is 3.42. The highest BCUT2D eigenvalue weighted by Gasteiger charge is 2.20. The highest BCUT2D eigenvalue weighted by atomic mass is 14.9. The van der Waals surface area contributed by atoms with Crippen LogP contribution in [0.4, 0.5) is 0 Å². The summed E-state index contributed by atoms with van der Waals surface area (Å²) in [7, 11) is 0. The summed E-state index contributed by atoms with van der Waals surface area (Å²) in [5.41, 5.74) is 2.90. The van der Waals surface area contributed by atoms with Crippen LogP contribution < -0.4 is 5.32 Å². The van der Waals surface area contributed by atoms with E-state index in [1.54, 1.807) is 0 Å². The lowest BCUT2D eigenvalue weighted by molar-refractivity contribution is 0.330. The van der Waals surface area contributed by atoms with E-state index in [2.05, 4.69) is 43.4 Å². The predicted octanol–water partition coefficient (Wildman–Crippen LogP) is 3.10. The zero-order valence-corrected chi connectivity index (χ0v) is 9.79. The second-order valence-electron chi connectivity index (χ2n) is 4.79. The first-order valence-electron chi connectivity index (χ1n) is 6.04. The average Bonchev–Trinajstić information content (AvgIpc) is 2.29. The third kappa shape index (κ3) is 2.60. The molecule has 1 aliphatic rings. The first-order chi connectivity index (χ1) is 7.27. The number of hydrogen-bond donors (Lipinski definition) is 1. The van der Waals surface area contributed by atoms with Crippen molar-refractivity contribution >= 4 is 0 Å². The molecule has 2 rings (SSSR count). The van der Waals surface area contributed by atoms with Crippen LogP contribution in [0, 0.1) is 12.8 Å². The fourth-order valence-corrected chi connectivity index (χ4v) is 2.57. The quantitative estimate of drug-likeness (QED) is 0.779. The van der Waals surface area contributed by atoms with E-state index < -0.39 is 0 Å². The van der Waals surface area contributed by atoms with E-state index in [1.165, 1.54) is 37.1 Å². The molecule has 0 aromatic heterocycles. The molecule has 1 heterocycles. The van der Waals surface area contributed by atoms with Crippen LogP contribution in [-0.4, -0.2) is 13.1 Å². The van der Waals surface area contributed by atoms with Gasteiger partial charge in [0, 0.05) is 0 Å². The Morgan fingerprint density at radius 3 is 2.67 bits per heavy atom. The monoisotopic (exact) mass is 203 g/mol. The van der Waals surface area contributed by atoms with Crippen molar-refractivity contribution in [2.75, 3.05) is 13.1 Å². The van der Waals surface area contributed by atoms with E-state index in [0.29, 0.717) is 5.92 Å². The van der Waals surface area contributed by atoms with Crippen LogP contribution in [0.2, 0.25) is 0 Å². The molecule has 0 radical (unpaired) electrons. The Morgan fingerprint density at radius 2 is 2.00 bits per heavy atom. The summed E-state index contributed by atoms with van der Waals surface area (Å²) in [4.78, 5) is 0. The Morgan fingerprint density at radius 1 is 1.27 bits per heavy atom. The van der Waals surface area contributed by atoms with Crippen molar-refractivity contribution < 1.29 is 0 Å². The largest absolute Gasteiger partial charge is 0.317 e. The van der Waals surface area contributed by atoms with Gasteiger partial charge >= 0.3 is 0 Å². The summed E-state index contributed by atoms with van der Waals surface area (Å²) < 4.78 is 0. The van der Waals surface area contributed by atoms with Gasteiger partial charge < -0.3 is 5.32 Å². The summed E-state index contributed by atoms with van der Waals surface area (Å²) >= 11 is 0. The lowest BCUT2D eigenvalue weighted by Gasteiger charge is -2.28. The molecule has 1 heteroatoms. The van der Waals surface area contributed by atoms with Crippen LogP contribution in [0.3, 0.4) is 0 Å². The first-order valence-corrected chi connectivity index (χ1v) is 6.04. The molecule has 1 unspecified atom stereocenters. The van der Waals surface area contributed by atoms with Gasteiger partial charge in [-0.15, -0.1) is 0 Å². The predicted molar refractivity (Wildman–Crippen MR) is 65.2 cm³/mol. The molecular formula is C14H21N. The average molecular weight is 203 g/mol. The Balaban J connectivity index is 2.08. The van der Waals surface area contributed by atoms with Gasteiger partial charge in [0.2, 0.25) is 0 Å². The molecule has 1 aromatic rings. The minimum Gasteiger partial charge on any atom is -0.317 e. The second kappa shape index (κ2) is 4.80. The van der Waals surface area contributed by atoms with Gasteiger partial charge in [0.15, 0.2) is 0 Å². The van der Waals surface area contributed by atoms with Gasteiger partial charge in [-0.3, -0.25) is 0 Å². The molecule has 15 heavy (non-hydrogen) atoms. The maximum atomic E-state index is 3.43. The molecule has 1 atom stereocenters. The molecule has 0 bridgehead atoms. The van der Waals surface area contributed by atoms with Crippen LogP contribution in [0.5, 0.6) is 0 Å². The van der Waals surface area contributed by atoms with Gasteiger partial charge in [0.05, 0.1) is 0 Å². The highest BCUT2D eigenvalue weighted by Crippen LogP contribution is 2.30. The molecule has 1 fully saturated rings. The Bertz CT molecular complexity index is 313. The summed E-state index contributed by atoms with van der Waals surface area (Å²) in [6.45, 7) is 6.95. The molecule has 0 aliphatic carbocycles. The molecule has 0 spiro atoms. The van der Waals surface area contributed by atoms with Gasteiger partial charge in [-0.1, -0.05) is 36.8 Å². The van der Waals surface area contributed by atoms with Crippen LogP contribution in [0.1, 0.15) is 36.8 Å². The van der Waals surface area contributed by atoms with Crippen molar-refractivity contribution in [2.45, 2.75) is 32.6 Å².